The third-order valence-electron chi connectivity index (χ3n) is 6.23. The van der Waals surface area contributed by atoms with Crippen LogP contribution in [0.15, 0.2) is 42.5 Å². The van der Waals surface area contributed by atoms with E-state index in [1.54, 1.807) is 7.11 Å². The highest BCUT2D eigenvalue weighted by Crippen LogP contribution is 2.45. The summed E-state index contributed by atoms with van der Waals surface area (Å²) in [5.74, 6) is 0.172. The highest BCUT2D eigenvalue weighted by molar-refractivity contribution is 6.33. The van der Waals surface area contributed by atoms with Gasteiger partial charge in [-0.2, -0.15) is 0 Å². The second-order valence-corrected chi connectivity index (χ2v) is 8.54. The number of nitrogens with one attached hydrogen (secondary N) is 1. The Morgan fingerprint density at radius 1 is 1.21 bits per heavy atom. The summed E-state index contributed by atoms with van der Waals surface area (Å²) in [7, 11) is 1.73. The van der Waals surface area contributed by atoms with Crippen molar-refractivity contribution in [3.63, 3.8) is 0 Å². The number of unbranched alkanes of at least 4 members (excludes halogenated alkanes) is 1. The Kier molecular flexibility index (Phi) is 8.14. The summed E-state index contributed by atoms with van der Waals surface area (Å²) in [6, 6.07) is 14.5. The van der Waals surface area contributed by atoms with Gasteiger partial charge in [-0.25, -0.2) is 0 Å². The fourth-order valence-electron chi connectivity index (χ4n) is 4.58. The van der Waals surface area contributed by atoms with Gasteiger partial charge in [-0.05, 0) is 67.8 Å². The van der Waals surface area contributed by atoms with Crippen LogP contribution in [-0.4, -0.2) is 31.9 Å². The number of hydrogen-bond acceptors (Lipinski definition) is 3. The molecule has 0 radical (unpaired) electrons. The molecule has 3 nitrogen and oxygen atoms in total. The molecular formula is C25H34ClNO2. The van der Waals surface area contributed by atoms with Gasteiger partial charge in [0.15, 0.2) is 0 Å². The summed E-state index contributed by atoms with van der Waals surface area (Å²) in [6.07, 6.45) is 5.66. The van der Waals surface area contributed by atoms with Crippen molar-refractivity contribution in [3.8, 4) is 11.1 Å². The number of benzene rings is 2. The van der Waals surface area contributed by atoms with Crippen molar-refractivity contribution < 1.29 is 9.84 Å². The Bertz CT molecular complexity index is 788. The fraction of sp³-hybridized carbons (Fsp3) is 0.520. The highest BCUT2D eigenvalue weighted by Gasteiger charge is 2.40. The number of aliphatic hydroxyl groups is 1. The Labute approximate surface area is 180 Å². The van der Waals surface area contributed by atoms with E-state index in [9.17, 15) is 5.11 Å². The lowest BCUT2D eigenvalue weighted by Crippen LogP contribution is -2.44. The average molecular weight is 416 g/mol. The van der Waals surface area contributed by atoms with Gasteiger partial charge in [0.2, 0.25) is 0 Å². The third kappa shape index (κ3) is 5.21. The zero-order valence-electron chi connectivity index (χ0n) is 17.7. The van der Waals surface area contributed by atoms with Crippen molar-refractivity contribution in [1.29, 1.82) is 0 Å². The first kappa shape index (κ1) is 22.3. The SMILES string of the molecule is CCc1cccc(-c2c(Cl)cccc2C(O)(CCCCOC)C2CCCNC2)c1. The van der Waals surface area contributed by atoms with Gasteiger partial charge in [-0.3, -0.25) is 0 Å². The lowest BCUT2D eigenvalue weighted by Gasteiger charge is -2.40. The van der Waals surface area contributed by atoms with Gasteiger partial charge in [0.05, 0.1) is 5.60 Å². The fourth-order valence-corrected chi connectivity index (χ4v) is 4.87. The molecule has 2 N–H and O–H groups in total. The van der Waals surface area contributed by atoms with E-state index in [0.717, 1.165) is 68.5 Å². The molecule has 1 heterocycles. The van der Waals surface area contributed by atoms with Gasteiger partial charge in [0, 0.05) is 36.8 Å². The van der Waals surface area contributed by atoms with E-state index in [0.29, 0.717) is 11.4 Å². The molecule has 2 aromatic rings. The predicted octanol–water partition coefficient (Wildman–Crippen LogP) is 5.57. The monoisotopic (exact) mass is 415 g/mol. The maximum Gasteiger partial charge on any atom is 0.0943 e. The van der Waals surface area contributed by atoms with Gasteiger partial charge in [-0.15, -0.1) is 0 Å². The van der Waals surface area contributed by atoms with Crippen LogP contribution in [0.25, 0.3) is 11.1 Å². The van der Waals surface area contributed by atoms with E-state index < -0.39 is 5.60 Å². The van der Waals surface area contributed by atoms with Crippen molar-refractivity contribution in [2.45, 2.75) is 51.0 Å². The molecule has 0 saturated carbocycles. The molecule has 29 heavy (non-hydrogen) atoms. The summed E-state index contributed by atoms with van der Waals surface area (Å²) in [5, 5.41) is 16.4. The number of methoxy groups -OCH3 is 1. The minimum absolute atomic E-state index is 0.172. The van der Waals surface area contributed by atoms with Crippen LogP contribution in [0.2, 0.25) is 5.02 Å². The first-order valence-electron chi connectivity index (χ1n) is 10.9. The Morgan fingerprint density at radius 3 is 2.76 bits per heavy atom. The van der Waals surface area contributed by atoms with Crippen LogP contribution in [0.4, 0.5) is 0 Å². The molecule has 1 aliphatic rings. The molecular weight excluding hydrogens is 382 g/mol. The quantitative estimate of drug-likeness (QED) is 0.526. The second-order valence-electron chi connectivity index (χ2n) is 8.13. The van der Waals surface area contributed by atoms with Crippen molar-refractivity contribution in [1.82, 2.24) is 5.32 Å². The Balaban J connectivity index is 2.05. The minimum Gasteiger partial charge on any atom is -0.385 e. The Hall–Kier alpha value is -1.39. The van der Waals surface area contributed by atoms with E-state index in [1.165, 1.54) is 5.56 Å². The smallest absolute Gasteiger partial charge is 0.0943 e. The molecule has 3 rings (SSSR count). The molecule has 0 aromatic heterocycles. The molecule has 2 unspecified atom stereocenters. The van der Waals surface area contributed by atoms with Crippen LogP contribution in [-0.2, 0) is 16.8 Å². The van der Waals surface area contributed by atoms with Gasteiger partial charge in [-0.1, -0.05) is 54.9 Å². The Morgan fingerprint density at radius 2 is 2.03 bits per heavy atom. The van der Waals surface area contributed by atoms with E-state index in [4.69, 9.17) is 16.3 Å². The molecule has 0 aliphatic carbocycles. The van der Waals surface area contributed by atoms with Crippen LogP contribution in [0.5, 0.6) is 0 Å². The number of piperidine rings is 1. The molecule has 4 heteroatoms. The van der Waals surface area contributed by atoms with Crippen molar-refractivity contribution in [2.24, 2.45) is 5.92 Å². The van der Waals surface area contributed by atoms with E-state index in [1.807, 2.05) is 12.1 Å². The zero-order chi connectivity index (χ0) is 20.7. The lowest BCUT2D eigenvalue weighted by molar-refractivity contribution is -0.0429. The summed E-state index contributed by atoms with van der Waals surface area (Å²) in [4.78, 5) is 0. The first-order valence-corrected chi connectivity index (χ1v) is 11.3. The standard InChI is InChI=1S/C25H34ClNO2/c1-3-19-9-6-10-20(17-19)24-22(12-7-13-23(24)26)25(28,14-4-5-16-29-2)21-11-8-15-27-18-21/h6-7,9-10,12-13,17,21,27-28H,3-5,8,11,14-16,18H2,1-2H3. The highest BCUT2D eigenvalue weighted by atomic mass is 35.5. The predicted molar refractivity (Wildman–Crippen MR) is 121 cm³/mol. The average Bonchev–Trinajstić information content (AvgIpc) is 2.77. The number of aryl methyl sites for hydroxylation is 1. The van der Waals surface area contributed by atoms with E-state index >= 15 is 0 Å². The molecule has 1 saturated heterocycles. The molecule has 0 bridgehead atoms. The largest absolute Gasteiger partial charge is 0.385 e. The minimum atomic E-state index is -0.913. The van der Waals surface area contributed by atoms with Crippen LogP contribution in [0.3, 0.4) is 0 Å². The van der Waals surface area contributed by atoms with Crippen molar-refractivity contribution in [2.75, 3.05) is 26.8 Å². The lowest BCUT2D eigenvalue weighted by atomic mass is 9.72. The number of halogens is 1. The normalized spacial score (nSPS) is 19.1. The van der Waals surface area contributed by atoms with Gasteiger partial charge >= 0.3 is 0 Å². The maximum absolute atomic E-state index is 12.2. The zero-order valence-corrected chi connectivity index (χ0v) is 18.5. The van der Waals surface area contributed by atoms with Crippen molar-refractivity contribution in [3.05, 3.63) is 58.6 Å². The van der Waals surface area contributed by atoms with Crippen LogP contribution in [0, 0.1) is 5.92 Å². The van der Waals surface area contributed by atoms with Crippen LogP contribution < -0.4 is 5.32 Å². The van der Waals surface area contributed by atoms with Crippen LogP contribution in [0.1, 0.15) is 50.2 Å². The van der Waals surface area contributed by atoms with E-state index in [2.05, 4.69) is 42.6 Å². The number of ether oxygens (including phenoxy) is 1. The maximum atomic E-state index is 12.2. The molecule has 1 fully saturated rings. The van der Waals surface area contributed by atoms with E-state index in [-0.39, 0.29) is 5.92 Å². The number of hydrogen-bond donors (Lipinski definition) is 2. The van der Waals surface area contributed by atoms with Crippen LogP contribution >= 0.6 is 11.6 Å². The second kappa shape index (κ2) is 10.6. The topological polar surface area (TPSA) is 41.5 Å². The molecule has 0 amide bonds. The molecule has 1 aliphatic heterocycles. The summed E-state index contributed by atoms with van der Waals surface area (Å²) >= 11 is 6.74. The van der Waals surface area contributed by atoms with Gasteiger partial charge in [0.1, 0.15) is 0 Å². The summed E-state index contributed by atoms with van der Waals surface area (Å²) in [5.41, 5.74) is 3.39. The van der Waals surface area contributed by atoms with Gasteiger partial charge in [0.25, 0.3) is 0 Å². The molecule has 0 spiro atoms. The molecule has 158 valence electrons. The summed E-state index contributed by atoms with van der Waals surface area (Å²) < 4.78 is 5.23. The molecule has 2 aromatic carbocycles. The van der Waals surface area contributed by atoms with Gasteiger partial charge < -0.3 is 15.2 Å². The molecule has 2 atom stereocenters. The first-order chi connectivity index (χ1) is 14.1. The number of rotatable bonds is 9. The summed E-state index contributed by atoms with van der Waals surface area (Å²) in [6.45, 7) is 4.74. The third-order valence-corrected chi connectivity index (χ3v) is 6.55. The van der Waals surface area contributed by atoms with Crippen molar-refractivity contribution >= 4 is 11.6 Å².